The first-order chi connectivity index (χ1) is 13.3. The SMILES string of the molecule is C=COCCCCC(CCCCOC=C)(c1ccccc1)c1ccccc1. The molecule has 0 aromatic heterocycles. The standard InChI is InChI=1S/C25H32O2/c1-3-26-21-13-11-19-25(20-12-14-22-27-4-2,23-15-7-5-8-16-23)24-17-9-6-10-18-24/h3-10,15-18H,1-2,11-14,19-22H2. The molecule has 0 N–H and O–H groups in total. The van der Waals surface area contributed by atoms with Gasteiger partial charge in [-0.1, -0.05) is 73.8 Å². The first kappa shape index (κ1) is 20.8. The van der Waals surface area contributed by atoms with Crippen LogP contribution in [0.4, 0.5) is 0 Å². The zero-order valence-electron chi connectivity index (χ0n) is 16.3. The van der Waals surface area contributed by atoms with Gasteiger partial charge in [-0.2, -0.15) is 0 Å². The predicted molar refractivity (Wildman–Crippen MR) is 114 cm³/mol. The van der Waals surface area contributed by atoms with Gasteiger partial charge in [0.25, 0.3) is 0 Å². The van der Waals surface area contributed by atoms with Crippen molar-refractivity contribution in [2.24, 2.45) is 0 Å². The lowest BCUT2D eigenvalue weighted by Gasteiger charge is -2.36. The van der Waals surface area contributed by atoms with Crippen LogP contribution in [0.2, 0.25) is 0 Å². The molecule has 2 aromatic carbocycles. The Balaban J connectivity index is 2.24. The molecule has 0 fully saturated rings. The van der Waals surface area contributed by atoms with E-state index in [9.17, 15) is 0 Å². The number of ether oxygens (including phenoxy) is 2. The largest absolute Gasteiger partial charge is 0.502 e. The summed E-state index contributed by atoms with van der Waals surface area (Å²) >= 11 is 0. The Morgan fingerprint density at radius 2 is 1.04 bits per heavy atom. The second-order valence-corrected chi connectivity index (χ2v) is 6.80. The van der Waals surface area contributed by atoms with E-state index >= 15 is 0 Å². The van der Waals surface area contributed by atoms with Crippen LogP contribution in [0.25, 0.3) is 0 Å². The van der Waals surface area contributed by atoms with Crippen molar-refractivity contribution in [2.75, 3.05) is 13.2 Å². The molecule has 2 heteroatoms. The Kier molecular flexibility index (Phi) is 9.26. The Labute approximate surface area is 164 Å². The molecule has 0 amide bonds. The third kappa shape index (κ3) is 6.32. The molecule has 2 aromatic rings. The zero-order chi connectivity index (χ0) is 19.2. The summed E-state index contributed by atoms with van der Waals surface area (Å²) in [4.78, 5) is 0. The van der Waals surface area contributed by atoms with Gasteiger partial charge in [-0.05, 0) is 49.7 Å². The molecule has 0 aliphatic heterocycles. The fourth-order valence-electron chi connectivity index (χ4n) is 3.77. The van der Waals surface area contributed by atoms with Crippen molar-refractivity contribution in [3.05, 3.63) is 97.5 Å². The van der Waals surface area contributed by atoms with Gasteiger partial charge in [0.15, 0.2) is 0 Å². The number of benzene rings is 2. The van der Waals surface area contributed by atoms with Crippen molar-refractivity contribution in [3.63, 3.8) is 0 Å². The van der Waals surface area contributed by atoms with E-state index in [2.05, 4.69) is 73.8 Å². The highest BCUT2D eigenvalue weighted by Gasteiger charge is 2.33. The van der Waals surface area contributed by atoms with Crippen LogP contribution < -0.4 is 0 Å². The predicted octanol–water partition coefficient (Wildman–Crippen LogP) is 6.63. The van der Waals surface area contributed by atoms with Crippen LogP contribution in [-0.4, -0.2) is 13.2 Å². The molecule has 2 rings (SSSR count). The van der Waals surface area contributed by atoms with Gasteiger partial charge < -0.3 is 9.47 Å². The average Bonchev–Trinajstić information content (AvgIpc) is 2.73. The maximum Gasteiger partial charge on any atom is 0.0873 e. The van der Waals surface area contributed by atoms with Crippen molar-refractivity contribution in [1.29, 1.82) is 0 Å². The normalized spacial score (nSPS) is 11.0. The van der Waals surface area contributed by atoms with Crippen molar-refractivity contribution >= 4 is 0 Å². The summed E-state index contributed by atoms with van der Waals surface area (Å²) in [5.74, 6) is 0. The van der Waals surface area contributed by atoms with E-state index in [0.717, 1.165) is 51.7 Å². The van der Waals surface area contributed by atoms with Crippen molar-refractivity contribution in [1.82, 2.24) is 0 Å². The van der Waals surface area contributed by atoms with Crippen molar-refractivity contribution in [3.8, 4) is 0 Å². The molecule has 0 aliphatic rings. The molecular weight excluding hydrogens is 332 g/mol. The van der Waals surface area contributed by atoms with Gasteiger partial charge in [0.05, 0.1) is 25.7 Å². The molecule has 0 atom stereocenters. The minimum absolute atomic E-state index is 0.0187. The van der Waals surface area contributed by atoms with Crippen LogP contribution in [-0.2, 0) is 14.9 Å². The topological polar surface area (TPSA) is 18.5 Å². The Bertz CT molecular complexity index is 589. The van der Waals surface area contributed by atoms with Crippen LogP contribution in [0.3, 0.4) is 0 Å². The smallest absolute Gasteiger partial charge is 0.0873 e. The Morgan fingerprint density at radius 1 is 0.630 bits per heavy atom. The molecule has 2 nitrogen and oxygen atoms in total. The highest BCUT2D eigenvalue weighted by atomic mass is 16.5. The van der Waals surface area contributed by atoms with E-state index in [1.165, 1.54) is 23.7 Å². The molecule has 0 heterocycles. The summed E-state index contributed by atoms with van der Waals surface area (Å²) in [6, 6.07) is 21.9. The third-order valence-corrected chi connectivity index (χ3v) is 5.12. The van der Waals surface area contributed by atoms with E-state index in [-0.39, 0.29) is 5.41 Å². The number of hydrogen-bond acceptors (Lipinski definition) is 2. The fourth-order valence-corrected chi connectivity index (χ4v) is 3.77. The van der Waals surface area contributed by atoms with Gasteiger partial charge in [0.1, 0.15) is 0 Å². The summed E-state index contributed by atoms with van der Waals surface area (Å²) in [6.45, 7) is 8.72. The van der Waals surface area contributed by atoms with E-state index in [0.29, 0.717) is 0 Å². The average molecular weight is 365 g/mol. The van der Waals surface area contributed by atoms with Crippen LogP contribution >= 0.6 is 0 Å². The third-order valence-electron chi connectivity index (χ3n) is 5.12. The Morgan fingerprint density at radius 3 is 1.41 bits per heavy atom. The van der Waals surface area contributed by atoms with Gasteiger partial charge in [0.2, 0.25) is 0 Å². The maximum absolute atomic E-state index is 5.32. The highest BCUT2D eigenvalue weighted by Crippen LogP contribution is 2.41. The van der Waals surface area contributed by atoms with Gasteiger partial charge in [-0.25, -0.2) is 0 Å². The van der Waals surface area contributed by atoms with E-state index in [4.69, 9.17) is 9.47 Å². The lowest BCUT2D eigenvalue weighted by molar-refractivity contribution is 0.230. The molecule has 27 heavy (non-hydrogen) atoms. The van der Waals surface area contributed by atoms with Crippen LogP contribution in [0.15, 0.2) is 86.3 Å². The fraction of sp³-hybridized carbons (Fsp3) is 0.360. The lowest BCUT2D eigenvalue weighted by Crippen LogP contribution is -2.28. The van der Waals surface area contributed by atoms with Crippen LogP contribution in [0.5, 0.6) is 0 Å². The summed E-state index contributed by atoms with van der Waals surface area (Å²) in [5.41, 5.74) is 2.81. The lowest BCUT2D eigenvalue weighted by atomic mass is 9.68. The first-order valence-corrected chi connectivity index (χ1v) is 9.89. The molecule has 0 radical (unpaired) electrons. The zero-order valence-corrected chi connectivity index (χ0v) is 16.3. The highest BCUT2D eigenvalue weighted by molar-refractivity contribution is 5.39. The molecular formula is C25H32O2. The molecule has 0 saturated heterocycles. The summed E-state index contributed by atoms with van der Waals surface area (Å²) in [7, 11) is 0. The molecule has 0 saturated carbocycles. The molecule has 0 aliphatic carbocycles. The Hall–Kier alpha value is -2.48. The summed E-state index contributed by atoms with van der Waals surface area (Å²) < 4.78 is 10.6. The van der Waals surface area contributed by atoms with Gasteiger partial charge >= 0.3 is 0 Å². The molecule has 0 bridgehead atoms. The van der Waals surface area contributed by atoms with E-state index in [1.807, 2.05) is 0 Å². The number of hydrogen-bond donors (Lipinski definition) is 0. The van der Waals surface area contributed by atoms with Crippen LogP contribution in [0, 0.1) is 0 Å². The van der Waals surface area contributed by atoms with E-state index < -0.39 is 0 Å². The van der Waals surface area contributed by atoms with Gasteiger partial charge in [0, 0.05) is 5.41 Å². The van der Waals surface area contributed by atoms with E-state index in [1.54, 1.807) is 0 Å². The minimum Gasteiger partial charge on any atom is -0.502 e. The van der Waals surface area contributed by atoms with Gasteiger partial charge in [-0.3, -0.25) is 0 Å². The maximum atomic E-state index is 5.32. The first-order valence-electron chi connectivity index (χ1n) is 9.89. The monoisotopic (exact) mass is 364 g/mol. The summed E-state index contributed by atoms with van der Waals surface area (Å²) in [6.07, 6.45) is 9.55. The molecule has 0 spiro atoms. The number of rotatable bonds is 14. The van der Waals surface area contributed by atoms with Crippen molar-refractivity contribution in [2.45, 2.75) is 43.9 Å². The molecule has 144 valence electrons. The minimum atomic E-state index is 0.0187. The number of unbranched alkanes of at least 4 members (excludes halogenated alkanes) is 2. The van der Waals surface area contributed by atoms with Crippen LogP contribution in [0.1, 0.15) is 49.7 Å². The second kappa shape index (κ2) is 12.0. The summed E-state index contributed by atoms with van der Waals surface area (Å²) in [5, 5.41) is 0. The molecule has 0 unspecified atom stereocenters. The van der Waals surface area contributed by atoms with Crippen molar-refractivity contribution < 1.29 is 9.47 Å². The van der Waals surface area contributed by atoms with Gasteiger partial charge in [-0.15, -0.1) is 0 Å². The second-order valence-electron chi connectivity index (χ2n) is 6.80. The quantitative estimate of drug-likeness (QED) is 0.276.